The average molecular weight is 417 g/mol. The zero-order chi connectivity index (χ0) is 21.8. The number of amides is 1. The van der Waals surface area contributed by atoms with Crippen LogP contribution in [0.4, 0.5) is 5.69 Å². The molecule has 0 spiro atoms. The van der Waals surface area contributed by atoms with Crippen LogP contribution in [0.3, 0.4) is 0 Å². The molecule has 0 saturated carbocycles. The van der Waals surface area contributed by atoms with Crippen LogP contribution in [0.5, 0.6) is 0 Å². The summed E-state index contributed by atoms with van der Waals surface area (Å²) < 4.78 is 26.5. The molecule has 0 aliphatic heterocycles. The number of hydrogen-bond donors (Lipinski definition) is 1. The van der Waals surface area contributed by atoms with Crippen molar-refractivity contribution in [2.75, 3.05) is 18.9 Å². The van der Waals surface area contributed by atoms with E-state index < -0.39 is 10.0 Å². The number of rotatable bonds is 8. The van der Waals surface area contributed by atoms with Gasteiger partial charge in [-0.05, 0) is 57.4 Å². The molecule has 1 amide bonds. The Hall–Kier alpha value is -2.51. The Balaban J connectivity index is 1.94. The quantitative estimate of drug-likeness (QED) is 0.663. The van der Waals surface area contributed by atoms with Crippen LogP contribution in [0.25, 0.3) is 0 Å². The van der Waals surface area contributed by atoms with E-state index in [2.05, 4.69) is 5.32 Å². The summed E-state index contributed by atoms with van der Waals surface area (Å²) in [7, 11) is -2.18. The van der Waals surface area contributed by atoms with E-state index in [1.54, 1.807) is 0 Å². The minimum absolute atomic E-state index is 0.118. The van der Waals surface area contributed by atoms with E-state index >= 15 is 0 Å². The third-order valence-electron chi connectivity index (χ3n) is 4.79. The molecule has 0 aliphatic carbocycles. The molecular weight excluding hydrogens is 388 g/mol. The molecule has 156 valence electrons. The van der Waals surface area contributed by atoms with Gasteiger partial charge in [0.15, 0.2) is 5.78 Å². The van der Waals surface area contributed by atoms with E-state index in [0.29, 0.717) is 12.0 Å². The summed E-state index contributed by atoms with van der Waals surface area (Å²) >= 11 is 0. The van der Waals surface area contributed by atoms with Gasteiger partial charge in [-0.1, -0.05) is 29.8 Å². The van der Waals surface area contributed by atoms with Crippen LogP contribution >= 0.6 is 0 Å². The molecule has 0 bridgehead atoms. The van der Waals surface area contributed by atoms with Crippen LogP contribution in [0.2, 0.25) is 0 Å². The lowest BCUT2D eigenvalue weighted by molar-refractivity contribution is -0.116. The van der Waals surface area contributed by atoms with Gasteiger partial charge in [0.25, 0.3) is 0 Å². The molecule has 1 N–H and O–H groups in total. The van der Waals surface area contributed by atoms with Gasteiger partial charge in [0.05, 0.1) is 4.90 Å². The van der Waals surface area contributed by atoms with Crippen LogP contribution in [0.15, 0.2) is 41.3 Å². The molecule has 7 heteroatoms. The molecule has 2 rings (SSSR count). The lowest BCUT2D eigenvalue weighted by Gasteiger charge is -2.17. The highest BCUT2D eigenvalue weighted by Gasteiger charge is 2.21. The van der Waals surface area contributed by atoms with E-state index in [0.717, 1.165) is 22.4 Å². The molecule has 0 aromatic heterocycles. The second-order valence-electron chi connectivity index (χ2n) is 7.33. The molecule has 2 aromatic carbocycles. The van der Waals surface area contributed by atoms with Crippen LogP contribution in [-0.2, 0) is 14.8 Å². The fourth-order valence-electron chi connectivity index (χ4n) is 3.20. The maximum Gasteiger partial charge on any atom is 0.242 e. The number of hydrogen-bond acceptors (Lipinski definition) is 4. The first-order valence-corrected chi connectivity index (χ1v) is 10.9. The van der Waals surface area contributed by atoms with E-state index in [4.69, 9.17) is 0 Å². The smallest absolute Gasteiger partial charge is 0.242 e. The number of benzene rings is 2. The number of nitrogens with one attached hydrogen (secondary N) is 1. The number of ketones is 1. The molecule has 0 atom stereocenters. The standard InChI is InChI=1S/C22H28N2O4S/c1-15-13-16(2)22(17(3)14-15)23-21(26)7-6-12-24(5)29(27,28)20-10-8-19(9-11-20)18(4)25/h8-11,13-14H,6-7,12H2,1-5H3,(H,23,26). The first kappa shape index (κ1) is 22.8. The molecule has 0 fully saturated rings. The Morgan fingerprint density at radius 2 is 1.55 bits per heavy atom. The number of aryl methyl sites for hydroxylation is 3. The zero-order valence-corrected chi connectivity index (χ0v) is 18.4. The first-order chi connectivity index (χ1) is 13.5. The van der Waals surface area contributed by atoms with Crippen LogP contribution < -0.4 is 5.32 Å². The molecular formula is C22H28N2O4S. The van der Waals surface area contributed by atoms with E-state index in [9.17, 15) is 18.0 Å². The number of carbonyl (C=O) groups excluding carboxylic acids is 2. The summed E-state index contributed by atoms with van der Waals surface area (Å²) in [5.41, 5.74) is 4.42. The third kappa shape index (κ3) is 5.74. The molecule has 0 unspecified atom stereocenters. The number of Topliss-reactive ketones (excluding diaryl/α,β-unsaturated/α-hetero) is 1. The van der Waals surface area contributed by atoms with Crippen LogP contribution in [0.1, 0.15) is 46.8 Å². The topological polar surface area (TPSA) is 83.6 Å². The van der Waals surface area contributed by atoms with Crippen molar-refractivity contribution in [1.29, 1.82) is 0 Å². The van der Waals surface area contributed by atoms with Gasteiger partial charge in [-0.3, -0.25) is 9.59 Å². The highest BCUT2D eigenvalue weighted by molar-refractivity contribution is 7.89. The van der Waals surface area contributed by atoms with Gasteiger partial charge in [-0.15, -0.1) is 0 Å². The Kier molecular flexibility index (Phi) is 7.32. The Morgan fingerprint density at radius 1 is 1.00 bits per heavy atom. The SMILES string of the molecule is CC(=O)c1ccc(S(=O)(=O)N(C)CCCC(=O)Nc2c(C)cc(C)cc2C)cc1. The second kappa shape index (κ2) is 9.33. The van der Waals surface area contributed by atoms with Crippen molar-refractivity contribution in [2.24, 2.45) is 0 Å². The summed E-state index contributed by atoms with van der Waals surface area (Å²) in [6, 6.07) is 9.89. The average Bonchev–Trinajstić information content (AvgIpc) is 2.64. The predicted molar refractivity (Wildman–Crippen MR) is 115 cm³/mol. The second-order valence-corrected chi connectivity index (χ2v) is 9.38. The van der Waals surface area contributed by atoms with E-state index in [-0.39, 0.29) is 29.6 Å². The minimum atomic E-state index is -3.67. The lowest BCUT2D eigenvalue weighted by Crippen LogP contribution is -2.28. The largest absolute Gasteiger partial charge is 0.326 e. The summed E-state index contributed by atoms with van der Waals surface area (Å²) in [5.74, 6) is -0.260. The van der Waals surface area contributed by atoms with Gasteiger partial charge < -0.3 is 5.32 Å². The third-order valence-corrected chi connectivity index (χ3v) is 6.66. The fraction of sp³-hybridized carbons (Fsp3) is 0.364. The van der Waals surface area contributed by atoms with Crippen molar-refractivity contribution in [3.8, 4) is 0 Å². The summed E-state index contributed by atoms with van der Waals surface area (Å²) in [5, 5.41) is 2.93. The highest BCUT2D eigenvalue weighted by Crippen LogP contribution is 2.22. The van der Waals surface area contributed by atoms with Crippen molar-refractivity contribution in [1.82, 2.24) is 4.31 Å². The molecule has 0 heterocycles. The van der Waals surface area contributed by atoms with Crippen LogP contribution in [-0.4, -0.2) is 38.0 Å². The summed E-state index contributed by atoms with van der Waals surface area (Å²) in [6.45, 7) is 7.56. The van der Waals surface area contributed by atoms with Crippen molar-refractivity contribution in [3.05, 3.63) is 58.7 Å². The number of anilines is 1. The Bertz CT molecular complexity index is 989. The molecule has 0 aliphatic rings. The van der Waals surface area contributed by atoms with Gasteiger partial charge in [-0.25, -0.2) is 12.7 Å². The Labute approximate surface area is 173 Å². The zero-order valence-electron chi connectivity index (χ0n) is 17.6. The van der Waals surface area contributed by atoms with Gasteiger partial charge in [-0.2, -0.15) is 0 Å². The number of nitrogens with zero attached hydrogens (tertiary/aromatic N) is 1. The minimum Gasteiger partial charge on any atom is -0.326 e. The van der Waals surface area contributed by atoms with Crippen molar-refractivity contribution >= 4 is 27.4 Å². The monoisotopic (exact) mass is 416 g/mol. The van der Waals surface area contributed by atoms with Gasteiger partial charge in [0.1, 0.15) is 0 Å². The normalized spacial score (nSPS) is 11.5. The number of sulfonamides is 1. The maximum absolute atomic E-state index is 12.6. The summed E-state index contributed by atoms with van der Waals surface area (Å²) in [4.78, 5) is 23.8. The molecule has 0 radical (unpaired) electrons. The highest BCUT2D eigenvalue weighted by atomic mass is 32.2. The van der Waals surface area contributed by atoms with Crippen molar-refractivity contribution in [2.45, 2.75) is 45.4 Å². The molecule has 6 nitrogen and oxygen atoms in total. The first-order valence-electron chi connectivity index (χ1n) is 9.47. The lowest BCUT2D eigenvalue weighted by atomic mass is 10.0. The van der Waals surface area contributed by atoms with Crippen LogP contribution in [0, 0.1) is 20.8 Å². The molecule has 2 aromatic rings. The summed E-state index contributed by atoms with van der Waals surface area (Å²) in [6.07, 6.45) is 0.618. The van der Waals surface area contributed by atoms with E-state index in [1.807, 2.05) is 32.9 Å². The maximum atomic E-state index is 12.6. The molecule has 0 saturated heterocycles. The predicted octanol–water partition coefficient (Wildman–Crippen LogP) is 3.85. The van der Waals surface area contributed by atoms with Crippen molar-refractivity contribution < 1.29 is 18.0 Å². The Morgan fingerprint density at radius 3 is 2.07 bits per heavy atom. The van der Waals surface area contributed by atoms with Gasteiger partial charge in [0, 0.05) is 31.3 Å². The van der Waals surface area contributed by atoms with Gasteiger partial charge in [0.2, 0.25) is 15.9 Å². The van der Waals surface area contributed by atoms with E-state index in [1.165, 1.54) is 42.5 Å². The van der Waals surface area contributed by atoms with Crippen molar-refractivity contribution in [3.63, 3.8) is 0 Å². The number of carbonyl (C=O) groups is 2. The molecule has 29 heavy (non-hydrogen) atoms. The fourth-order valence-corrected chi connectivity index (χ4v) is 4.41. The van der Waals surface area contributed by atoms with Gasteiger partial charge >= 0.3 is 0 Å².